The quantitative estimate of drug-likeness (QED) is 0.207. The van der Waals surface area contributed by atoms with E-state index in [2.05, 4.69) is 26.5 Å². The Morgan fingerprint density at radius 1 is 1.68 bits per heavy atom. The van der Waals surface area contributed by atoms with Crippen LogP contribution in [-0.2, 0) is 5.75 Å². The second-order valence-corrected chi connectivity index (χ2v) is 5.48. The number of hydrogen-bond donors (Lipinski definition) is 2. The molecule has 2 N–H and O–H groups in total. The molecule has 0 fully saturated rings. The maximum absolute atomic E-state index is 8.55. The van der Waals surface area contributed by atoms with E-state index in [1.807, 2.05) is 18.6 Å². The molecule has 19 heavy (non-hydrogen) atoms. The standard InChI is InChI=1S/C12H15N5S2/c1-3-4-14-12(16-8-13)15-5-6-18-7-11-10(2)17-9-19-11/h1,9H,4-7H2,2H3,(H2,14,15,16). The number of guanidine groups is 1. The average Bonchev–Trinajstić information content (AvgIpc) is 2.81. The van der Waals surface area contributed by atoms with Crippen molar-refractivity contribution in [3.63, 3.8) is 0 Å². The van der Waals surface area contributed by atoms with Crippen molar-refractivity contribution < 1.29 is 0 Å². The highest BCUT2D eigenvalue weighted by molar-refractivity contribution is 7.98. The number of aryl methyl sites for hydroxylation is 1. The summed E-state index contributed by atoms with van der Waals surface area (Å²) in [6, 6.07) is 0. The molecule has 1 aromatic heterocycles. The van der Waals surface area contributed by atoms with Gasteiger partial charge in [-0.15, -0.1) is 17.8 Å². The van der Waals surface area contributed by atoms with Crippen molar-refractivity contribution in [1.82, 2.24) is 15.6 Å². The van der Waals surface area contributed by atoms with Crippen LogP contribution in [0, 0.1) is 30.7 Å². The third kappa shape index (κ3) is 6.14. The minimum absolute atomic E-state index is 0.348. The van der Waals surface area contributed by atoms with Gasteiger partial charge in [0.25, 0.3) is 0 Å². The Kier molecular flexibility index (Phi) is 7.48. The number of hydrogen-bond acceptors (Lipinski definition) is 5. The molecule has 1 rings (SSSR count). The van der Waals surface area contributed by atoms with Gasteiger partial charge in [0.2, 0.25) is 5.96 Å². The lowest BCUT2D eigenvalue weighted by Gasteiger charge is -2.04. The van der Waals surface area contributed by atoms with Crippen LogP contribution in [0.5, 0.6) is 0 Å². The molecule has 0 unspecified atom stereocenters. The Morgan fingerprint density at radius 3 is 3.16 bits per heavy atom. The first kappa shape index (κ1) is 15.4. The van der Waals surface area contributed by atoms with Crippen LogP contribution >= 0.6 is 23.1 Å². The van der Waals surface area contributed by atoms with Crippen molar-refractivity contribution in [2.75, 3.05) is 18.8 Å². The summed E-state index contributed by atoms with van der Waals surface area (Å²) in [6.07, 6.45) is 6.95. The number of thiazole rings is 1. The highest BCUT2D eigenvalue weighted by atomic mass is 32.2. The van der Waals surface area contributed by atoms with Gasteiger partial charge in [-0.3, -0.25) is 10.3 Å². The van der Waals surface area contributed by atoms with Crippen LogP contribution < -0.4 is 10.6 Å². The van der Waals surface area contributed by atoms with Gasteiger partial charge in [-0.1, -0.05) is 5.92 Å². The predicted octanol–water partition coefficient (Wildman–Crippen LogP) is 1.33. The molecule has 0 saturated heterocycles. The molecule has 5 nitrogen and oxygen atoms in total. The molecular formula is C12H15N5S2. The van der Waals surface area contributed by atoms with E-state index in [1.165, 1.54) is 4.88 Å². The maximum atomic E-state index is 8.55. The number of thioether (sulfide) groups is 1. The molecule has 0 aliphatic carbocycles. The molecule has 1 aromatic rings. The summed E-state index contributed by atoms with van der Waals surface area (Å²) in [6.45, 7) is 2.99. The van der Waals surface area contributed by atoms with E-state index in [4.69, 9.17) is 11.7 Å². The number of aromatic nitrogens is 1. The molecule has 0 aliphatic heterocycles. The van der Waals surface area contributed by atoms with Crippen LogP contribution in [0.1, 0.15) is 10.6 Å². The van der Waals surface area contributed by atoms with E-state index in [-0.39, 0.29) is 0 Å². The van der Waals surface area contributed by atoms with E-state index >= 15 is 0 Å². The fourth-order valence-electron chi connectivity index (χ4n) is 1.18. The largest absolute Gasteiger partial charge is 0.345 e. The second-order valence-electron chi connectivity index (χ2n) is 3.44. The lowest BCUT2D eigenvalue weighted by atomic mass is 10.4. The summed E-state index contributed by atoms with van der Waals surface area (Å²) < 4.78 is 0. The van der Waals surface area contributed by atoms with E-state index < -0.39 is 0 Å². The first-order chi connectivity index (χ1) is 9.27. The number of nitriles is 1. The lowest BCUT2D eigenvalue weighted by Crippen LogP contribution is -2.34. The number of nitrogens with one attached hydrogen (secondary N) is 2. The van der Waals surface area contributed by atoms with Crippen LogP contribution in [0.3, 0.4) is 0 Å². The van der Waals surface area contributed by atoms with Gasteiger partial charge < -0.3 is 5.32 Å². The summed E-state index contributed by atoms with van der Waals surface area (Å²) in [5.74, 6) is 4.69. The molecular weight excluding hydrogens is 278 g/mol. The summed E-state index contributed by atoms with van der Waals surface area (Å²) in [5, 5.41) is 13.9. The number of aliphatic imine (C=N–C) groups is 1. The van der Waals surface area contributed by atoms with Crippen LogP contribution in [0.2, 0.25) is 0 Å². The lowest BCUT2D eigenvalue weighted by molar-refractivity contribution is 0.967. The van der Waals surface area contributed by atoms with E-state index in [0.29, 0.717) is 19.0 Å². The van der Waals surface area contributed by atoms with E-state index in [0.717, 1.165) is 17.2 Å². The van der Waals surface area contributed by atoms with E-state index in [1.54, 1.807) is 23.1 Å². The zero-order chi connectivity index (χ0) is 13.9. The van der Waals surface area contributed by atoms with Gasteiger partial charge in [0.15, 0.2) is 6.19 Å². The van der Waals surface area contributed by atoms with Gasteiger partial charge in [-0.2, -0.15) is 17.0 Å². The molecule has 7 heteroatoms. The number of rotatable bonds is 6. The molecule has 0 spiro atoms. The van der Waals surface area contributed by atoms with Crippen LogP contribution in [0.15, 0.2) is 10.5 Å². The Balaban J connectivity index is 2.25. The third-order valence-electron chi connectivity index (χ3n) is 2.12. The minimum atomic E-state index is 0.348. The monoisotopic (exact) mass is 293 g/mol. The van der Waals surface area contributed by atoms with Gasteiger partial charge in [-0.05, 0) is 6.92 Å². The van der Waals surface area contributed by atoms with Gasteiger partial charge in [0.1, 0.15) is 0 Å². The Labute approximate surface area is 121 Å². The molecule has 0 radical (unpaired) electrons. The zero-order valence-corrected chi connectivity index (χ0v) is 12.3. The molecule has 100 valence electrons. The van der Waals surface area contributed by atoms with Crippen molar-refractivity contribution in [1.29, 1.82) is 5.26 Å². The molecule has 0 bridgehead atoms. The van der Waals surface area contributed by atoms with Crippen LogP contribution in [0.4, 0.5) is 0 Å². The SMILES string of the molecule is C#CCNC(=NCCSCc1scnc1C)NC#N. The van der Waals surface area contributed by atoms with Gasteiger partial charge in [-0.25, -0.2) is 4.98 Å². The molecule has 0 aromatic carbocycles. The Morgan fingerprint density at radius 2 is 2.53 bits per heavy atom. The first-order valence-electron chi connectivity index (χ1n) is 5.61. The minimum Gasteiger partial charge on any atom is -0.345 e. The summed E-state index contributed by atoms with van der Waals surface area (Å²) >= 11 is 3.47. The Hall–Kier alpha value is -1.70. The van der Waals surface area contributed by atoms with Crippen molar-refractivity contribution in [2.24, 2.45) is 4.99 Å². The zero-order valence-electron chi connectivity index (χ0n) is 10.6. The molecule has 0 amide bonds. The van der Waals surface area contributed by atoms with Crippen molar-refractivity contribution in [3.05, 3.63) is 16.1 Å². The summed E-state index contributed by atoms with van der Waals surface area (Å²) in [7, 11) is 0. The maximum Gasteiger partial charge on any atom is 0.205 e. The van der Waals surface area contributed by atoms with Crippen molar-refractivity contribution >= 4 is 29.1 Å². The van der Waals surface area contributed by atoms with Crippen molar-refractivity contribution in [3.8, 4) is 18.5 Å². The van der Waals surface area contributed by atoms with Crippen molar-refractivity contribution in [2.45, 2.75) is 12.7 Å². The van der Waals surface area contributed by atoms with Crippen LogP contribution in [-0.4, -0.2) is 29.8 Å². The molecule has 0 atom stereocenters. The fraction of sp³-hybridized carbons (Fsp3) is 0.417. The summed E-state index contributed by atoms with van der Waals surface area (Å²) in [5.41, 5.74) is 2.96. The smallest absolute Gasteiger partial charge is 0.205 e. The summed E-state index contributed by atoms with van der Waals surface area (Å²) in [4.78, 5) is 9.74. The predicted molar refractivity (Wildman–Crippen MR) is 80.9 cm³/mol. The van der Waals surface area contributed by atoms with Gasteiger partial charge >= 0.3 is 0 Å². The van der Waals surface area contributed by atoms with Gasteiger partial charge in [0.05, 0.1) is 24.3 Å². The molecule has 1 heterocycles. The molecule has 0 aliphatic rings. The molecule has 0 saturated carbocycles. The topological polar surface area (TPSA) is 73.1 Å². The van der Waals surface area contributed by atoms with E-state index in [9.17, 15) is 0 Å². The highest BCUT2D eigenvalue weighted by Gasteiger charge is 2.01. The highest BCUT2D eigenvalue weighted by Crippen LogP contribution is 2.19. The number of nitrogens with zero attached hydrogens (tertiary/aromatic N) is 3. The normalized spacial score (nSPS) is 10.6. The average molecular weight is 293 g/mol. The van der Waals surface area contributed by atoms with Crippen LogP contribution in [0.25, 0.3) is 0 Å². The van der Waals surface area contributed by atoms with Gasteiger partial charge in [0, 0.05) is 16.4 Å². The third-order valence-corrected chi connectivity index (χ3v) is 4.20. The second kappa shape index (κ2) is 9.26. The fourth-order valence-corrected chi connectivity index (χ4v) is 3.02. The first-order valence-corrected chi connectivity index (χ1v) is 7.65. The number of terminal acetylenes is 1. The Bertz CT molecular complexity index is 495.